The molecular formula is C17H37NO9. The average Bonchev–Trinajstić information content (AvgIpc) is 2.65. The van der Waals surface area contributed by atoms with Gasteiger partial charge in [-0.1, -0.05) is 0 Å². The van der Waals surface area contributed by atoms with E-state index in [0.29, 0.717) is 19.4 Å². The molecule has 0 spiro atoms. The lowest BCUT2D eigenvalue weighted by atomic mass is 10.0. The Kier molecular flexibility index (Phi) is 13.5. The third-order valence-electron chi connectivity index (χ3n) is 4.44. The van der Waals surface area contributed by atoms with E-state index >= 15 is 0 Å². The largest absolute Gasteiger partial charge is 0.394 e. The summed E-state index contributed by atoms with van der Waals surface area (Å²) in [6.07, 6.45) is -5.67. The van der Waals surface area contributed by atoms with Crippen molar-refractivity contribution < 1.29 is 44.8 Å². The molecule has 0 aromatic heterocycles. The number of aliphatic hydroxyl groups excluding tert-OH is 6. The summed E-state index contributed by atoms with van der Waals surface area (Å²) >= 11 is 0. The van der Waals surface area contributed by atoms with E-state index in [1.165, 1.54) is 0 Å². The third kappa shape index (κ3) is 10.6. The first-order valence-electron chi connectivity index (χ1n) is 8.98. The van der Waals surface area contributed by atoms with Crippen LogP contribution in [-0.2, 0) is 14.2 Å². The molecule has 0 aromatic rings. The molecule has 0 bridgehead atoms. The van der Waals surface area contributed by atoms with Crippen molar-refractivity contribution in [3.8, 4) is 0 Å². The Morgan fingerprint density at radius 1 is 0.926 bits per heavy atom. The minimum Gasteiger partial charge on any atom is -0.394 e. The fourth-order valence-corrected chi connectivity index (χ4v) is 2.48. The number of hydrogen-bond acceptors (Lipinski definition) is 10. The maximum atomic E-state index is 9.98. The highest BCUT2D eigenvalue weighted by atomic mass is 16.7. The van der Waals surface area contributed by atoms with Gasteiger partial charge < -0.3 is 49.7 Å². The number of hydrogen-bond donors (Lipinski definition) is 6. The highest BCUT2D eigenvalue weighted by molar-refractivity contribution is 4.82. The van der Waals surface area contributed by atoms with Crippen molar-refractivity contribution in [1.82, 2.24) is 4.90 Å². The first-order chi connectivity index (χ1) is 12.6. The summed E-state index contributed by atoms with van der Waals surface area (Å²) in [6.45, 7) is 1.75. The highest BCUT2D eigenvalue weighted by Gasteiger charge is 2.30. The van der Waals surface area contributed by atoms with Crippen LogP contribution in [0.5, 0.6) is 0 Å². The SMILES string of the molecule is COC(C)(CCCOCC(O)CN(C)CC(O)C(O)C(O)C(O)CO)OC. The van der Waals surface area contributed by atoms with E-state index < -0.39 is 42.9 Å². The van der Waals surface area contributed by atoms with Crippen LogP contribution in [0.15, 0.2) is 0 Å². The van der Waals surface area contributed by atoms with Gasteiger partial charge in [-0.25, -0.2) is 0 Å². The second-order valence-electron chi connectivity index (χ2n) is 6.89. The van der Waals surface area contributed by atoms with Crippen molar-refractivity contribution in [2.45, 2.75) is 56.1 Å². The Hall–Kier alpha value is -0.400. The fraction of sp³-hybridized carbons (Fsp3) is 1.00. The summed E-state index contributed by atoms with van der Waals surface area (Å²) in [5.74, 6) is -0.659. The van der Waals surface area contributed by atoms with Gasteiger partial charge in [0.15, 0.2) is 5.79 Å². The molecule has 5 unspecified atom stereocenters. The minimum atomic E-state index is -1.67. The van der Waals surface area contributed by atoms with Crippen LogP contribution < -0.4 is 0 Å². The summed E-state index contributed by atoms with van der Waals surface area (Å²) in [7, 11) is 4.76. The van der Waals surface area contributed by atoms with Crippen molar-refractivity contribution in [2.75, 3.05) is 54.2 Å². The molecular weight excluding hydrogens is 362 g/mol. The molecule has 0 aliphatic carbocycles. The van der Waals surface area contributed by atoms with Gasteiger partial charge in [0.25, 0.3) is 0 Å². The van der Waals surface area contributed by atoms with Gasteiger partial charge in [0.05, 0.1) is 25.4 Å². The van der Waals surface area contributed by atoms with Crippen LogP contribution >= 0.6 is 0 Å². The van der Waals surface area contributed by atoms with Crippen molar-refractivity contribution in [3.63, 3.8) is 0 Å². The molecule has 0 aromatic carbocycles. The van der Waals surface area contributed by atoms with Crippen LogP contribution in [0.1, 0.15) is 19.8 Å². The zero-order valence-electron chi connectivity index (χ0n) is 16.7. The Labute approximate surface area is 160 Å². The van der Waals surface area contributed by atoms with Crippen LogP contribution in [0.2, 0.25) is 0 Å². The molecule has 10 nitrogen and oxygen atoms in total. The van der Waals surface area contributed by atoms with E-state index in [4.69, 9.17) is 19.3 Å². The zero-order chi connectivity index (χ0) is 21.0. The monoisotopic (exact) mass is 399 g/mol. The van der Waals surface area contributed by atoms with E-state index in [1.54, 1.807) is 26.2 Å². The number of ether oxygens (including phenoxy) is 3. The van der Waals surface area contributed by atoms with E-state index in [2.05, 4.69) is 0 Å². The summed E-state index contributed by atoms with van der Waals surface area (Å²) in [5, 5.41) is 57.3. The standard InChI is InChI=1S/C17H37NO9/c1-17(25-3,26-4)6-5-7-27-11-12(20)8-18(2)9-13(21)15(23)16(24)14(22)10-19/h12-16,19-24H,5-11H2,1-4H3. The first-order valence-corrected chi connectivity index (χ1v) is 8.98. The topological polar surface area (TPSA) is 152 Å². The molecule has 0 saturated carbocycles. The van der Waals surface area contributed by atoms with Gasteiger partial charge >= 0.3 is 0 Å². The number of rotatable bonds is 16. The molecule has 0 fully saturated rings. The van der Waals surface area contributed by atoms with Crippen LogP contribution in [-0.4, -0.2) is 126 Å². The molecule has 10 heteroatoms. The molecule has 0 radical (unpaired) electrons. The number of nitrogens with zero attached hydrogens (tertiary/aromatic N) is 1. The van der Waals surface area contributed by atoms with E-state index in [1.807, 2.05) is 6.92 Å². The normalized spacial score (nSPS) is 18.3. The average molecular weight is 399 g/mol. The van der Waals surface area contributed by atoms with Gasteiger partial charge in [-0.05, 0) is 20.4 Å². The molecule has 0 saturated heterocycles. The molecule has 0 rings (SSSR count). The second-order valence-corrected chi connectivity index (χ2v) is 6.89. The molecule has 0 amide bonds. The quantitative estimate of drug-likeness (QED) is 0.122. The predicted octanol–water partition coefficient (Wildman–Crippen LogP) is -2.48. The van der Waals surface area contributed by atoms with Gasteiger partial charge in [-0.2, -0.15) is 0 Å². The van der Waals surface area contributed by atoms with E-state index in [-0.39, 0.29) is 19.7 Å². The van der Waals surface area contributed by atoms with Crippen molar-refractivity contribution in [2.24, 2.45) is 0 Å². The number of likely N-dealkylation sites (N-methyl/N-ethyl adjacent to an activating group) is 1. The Morgan fingerprint density at radius 2 is 1.48 bits per heavy atom. The number of methoxy groups -OCH3 is 2. The number of aliphatic hydroxyl groups is 6. The van der Waals surface area contributed by atoms with Crippen LogP contribution in [0.25, 0.3) is 0 Å². The minimum absolute atomic E-state index is 0.0481. The first kappa shape index (κ1) is 26.6. The Balaban J connectivity index is 4.05. The highest BCUT2D eigenvalue weighted by Crippen LogP contribution is 2.17. The summed E-state index contributed by atoms with van der Waals surface area (Å²) < 4.78 is 15.9. The van der Waals surface area contributed by atoms with Crippen LogP contribution in [0.4, 0.5) is 0 Å². The summed E-state index contributed by atoms with van der Waals surface area (Å²) in [5.41, 5.74) is 0. The smallest absolute Gasteiger partial charge is 0.164 e. The lowest BCUT2D eigenvalue weighted by Crippen LogP contribution is -2.50. The molecule has 0 heterocycles. The van der Waals surface area contributed by atoms with E-state index in [0.717, 1.165) is 0 Å². The molecule has 5 atom stereocenters. The van der Waals surface area contributed by atoms with Crippen molar-refractivity contribution >= 4 is 0 Å². The molecule has 6 N–H and O–H groups in total. The van der Waals surface area contributed by atoms with Crippen molar-refractivity contribution in [3.05, 3.63) is 0 Å². The van der Waals surface area contributed by atoms with Crippen LogP contribution in [0.3, 0.4) is 0 Å². The molecule has 164 valence electrons. The fourth-order valence-electron chi connectivity index (χ4n) is 2.48. The molecule has 27 heavy (non-hydrogen) atoms. The van der Waals surface area contributed by atoms with E-state index in [9.17, 15) is 25.5 Å². The Morgan fingerprint density at radius 3 is 2.00 bits per heavy atom. The van der Waals surface area contributed by atoms with Gasteiger partial charge in [-0.15, -0.1) is 0 Å². The van der Waals surface area contributed by atoms with Gasteiger partial charge in [-0.3, -0.25) is 0 Å². The summed E-state index contributed by atoms with van der Waals surface area (Å²) in [4.78, 5) is 1.56. The zero-order valence-corrected chi connectivity index (χ0v) is 16.7. The molecule has 0 aliphatic rings. The lowest BCUT2D eigenvalue weighted by Gasteiger charge is -2.29. The third-order valence-corrected chi connectivity index (χ3v) is 4.44. The predicted molar refractivity (Wildman–Crippen MR) is 97.1 cm³/mol. The Bertz CT molecular complexity index is 370. The van der Waals surface area contributed by atoms with Crippen molar-refractivity contribution in [1.29, 1.82) is 0 Å². The van der Waals surface area contributed by atoms with Gasteiger partial charge in [0, 0.05) is 40.3 Å². The van der Waals surface area contributed by atoms with Gasteiger partial charge in [0.2, 0.25) is 0 Å². The van der Waals surface area contributed by atoms with Crippen LogP contribution in [0, 0.1) is 0 Å². The maximum Gasteiger partial charge on any atom is 0.164 e. The second kappa shape index (κ2) is 13.7. The summed E-state index contributed by atoms with van der Waals surface area (Å²) in [6, 6.07) is 0. The lowest BCUT2D eigenvalue weighted by molar-refractivity contribution is -0.199. The maximum absolute atomic E-state index is 9.98. The molecule has 0 aliphatic heterocycles. The van der Waals surface area contributed by atoms with Gasteiger partial charge in [0.1, 0.15) is 18.3 Å².